The van der Waals surface area contributed by atoms with E-state index in [4.69, 9.17) is 9.40 Å². The first-order valence-electron chi connectivity index (χ1n) is 16.1. The maximum Gasteiger partial charge on any atom is 0.156 e. The highest BCUT2D eigenvalue weighted by Crippen LogP contribution is 2.40. The molecule has 7 heteroatoms. The molecule has 228 valence electrons. The molecule has 0 spiro atoms. The summed E-state index contributed by atoms with van der Waals surface area (Å²) in [4.78, 5) is 11.7. The Balaban J connectivity index is 1.11. The number of pyridine rings is 2. The molecule has 7 nitrogen and oxygen atoms in total. The summed E-state index contributed by atoms with van der Waals surface area (Å²) in [5.74, 6) is 1.50. The topological polar surface area (TPSA) is 98.2 Å². The molecule has 0 radical (unpaired) electrons. The van der Waals surface area contributed by atoms with E-state index in [1.807, 2.05) is 18.5 Å². The number of benzene rings is 3. The van der Waals surface area contributed by atoms with Crippen LogP contribution >= 0.6 is 0 Å². The fraction of sp³-hybridized carbons (Fsp3) is 0.256. The Labute approximate surface area is 268 Å². The van der Waals surface area contributed by atoms with Gasteiger partial charge in [-0.1, -0.05) is 30.3 Å². The van der Waals surface area contributed by atoms with Gasteiger partial charge in [-0.2, -0.15) is 5.26 Å². The van der Waals surface area contributed by atoms with Crippen molar-refractivity contribution >= 4 is 33.4 Å². The summed E-state index contributed by atoms with van der Waals surface area (Å²) in [6.45, 7) is 6.66. The lowest BCUT2D eigenvalue weighted by Crippen LogP contribution is -2.21. The molecule has 1 fully saturated rings. The lowest BCUT2D eigenvalue weighted by Gasteiger charge is -2.17. The normalized spacial score (nSPS) is 16.3. The molecule has 1 aliphatic heterocycles. The number of aromatic nitrogens is 2. The molecule has 1 saturated heterocycles. The molecule has 1 atom stereocenters. The number of aliphatic hydroxyl groups is 1. The summed E-state index contributed by atoms with van der Waals surface area (Å²) < 4.78 is 6.43. The first-order chi connectivity index (χ1) is 22.5. The average Bonchev–Trinajstić information content (AvgIpc) is 3.81. The van der Waals surface area contributed by atoms with Crippen molar-refractivity contribution < 1.29 is 9.52 Å². The minimum absolute atomic E-state index is 0.234. The number of aryl methyl sites for hydroxylation is 1. The quantitative estimate of drug-likeness (QED) is 0.199. The summed E-state index contributed by atoms with van der Waals surface area (Å²) in [5.41, 5.74) is 12.3. The number of likely N-dealkylation sites (tertiary alicyclic amines) is 1. The molecule has 2 aliphatic rings. The van der Waals surface area contributed by atoms with Gasteiger partial charge in [-0.05, 0) is 109 Å². The summed E-state index contributed by atoms with van der Waals surface area (Å²) in [5, 5.41) is 25.5. The number of rotatable bonds is 6. The minimum atomic E-state index is -0.234. The molecule has 2 N–H and O–H groups in total. The Kier molecular flexibility index (Phi) is 7.05. The molecule has 1 aliphatic carbocycles. The van der Waals surface area contributed by atoms with E-state index in [0.717, 1.165) is 105 Å². The second-order valence-electron chi connectivity index (χ2n) is 12.7. The van der Waals surface area contributed by atoms with Gasteiger partial charge < -0.3 is 14.8 Å². The number of hydrogen-bond donors (Lipinski definition) is 2. The standard InChI is InChI=1S/C39H35N5O2/c1-23-30(7-4-9-32(23)36-18-28-17-26-6-3-10-33(26)34(19-40)38(28)46-36)31-8-5-11-35(24(31)2)43-39-37-27(12-14-41-39)16-25(20-42-37)21-44-15-13-29(45)22-44/h4-5,7-9,11-12,14,16-18,20,29,45H,3,6,10,13,15,21-22H2,1-2H3,(H,41,43)/t29-/m1/s1. The van der Waals surface area contributed by atoms with E-state index in [1.54, 1.807) is 0 Å². The number of hydrogen-bond acceptors (Lipinski definition) is 7. The molecule has 4 heterocycles. The number of nitrogens with zero attached hydrogens (tertiary/aromatic N) is 4. The van der Waals surface area contributed by atoms with Crippen molar-refractivity contribution in [2.75, 3.05) is 18.4 Å². The van der Waals surface area contributed by atoms with E-state index in [2.05, 4.69) is 89.7 Å². The van der Waals surface area contributed by atoms with Crippen molar-refractivity contribution in [1.29, 1.82) is 5.26 Å². The number of β-amino-alcohol motifs (C(OH)–C–C–N with tert-alkyl or cyclic N) is 1. The summed E-state index contributed by atoms with van der Waals surface area (Å²) in [6, 6.07) is 23.5. The molecule has 6 aromatic rings. The number of furan rings is 1. The Morgan fingerprint density at radius 3 is 2.63 bits per heavy atom. The maximum absolute atomic E-state index is 9.99. The van der Waals surface area contributed by atoms with Gasteiger partial charge in [-0.15, -0.1) is 0 Å². The zero-order valence-corrected chi connectivity index (χ0v) is 26.1. The maximum atomic E-state index is 9.99. The molecule has 0 amide bonds. The SMILES string of the molecule is Cc1c(Nc2nccc3cc(CN4CC[C@@H](O)C4)cnc23)cccc1-c1cccc(-c2cc3cc4c(c(C#N)c3o2)CCC4)c1C. The summed E-state index contributed by atoms with van der Waals surface area (Å²) in [7, 11) is 0. The van der Waals surface area contributed by atoms with Crippen LogP contribution in [0.2, 0.25) is 0 Å². The van der Waals surface area contributed by atoms with Crippen molar-refractivity contribution in [3.8, 4) is 28.5 Å². The fourth-order valence-electron chi connectivity index (χ4n) is 7.38. The Bertz CT molecular complexity index is 2190. The van der Waals surface area contributed by atoms with Gasteiger partial charge in [0.2, 0.25) is 0 Å². The van der Waals surface area contributed by atoms with Crippen LogP contribution in [0.3, 0.4) is 0 Å². The van der Waals surface area contributed by atoms with Crippen molar-refractivity contribution in [3.63, 3.8) is 0 Å². The largest absolute Gasteiger partial charge is 0.455 e. The minimum Gasteiger partial charge on any atom is -0.455 e. The van der Waals surface area contributed by atoms with Gasteiger partial charge in [-0.3, -0.25) is 9.88 Å². The van der Waals surface area contributed by atoms with Gasteiger partial charge in [0.15, 0.2) is 11.4 Å². The second kappa shape index (κ2) is 11.4. The van der Waals surface area contributed by atoms with E-state index < -0.39 is 0 Å². The van der Waals surface area contributed by atoms with Crippen LogP contribution in [0.15, 0.2) is 77.5 Å². The van der Waals surface area contributed by atoms with Gasteiger partial charge in [-0.25, -0.2) is 4.98 Å². The van der Waals surface area contributed by atoms with Crippen LogP contribution in [0.25, 0.3) is 44.3 Å². The molecular weight excluding hydrogens is 570 g/mol. The number of nitriles is 1. The summed E-state index contributed by atoms with van der Waals surface area (Å²) >= 11 is 0. The van der Waals surface area contributed by atoms with Crippen LogP contribution in [0.1, 0.15) is 46.2 Å². The lowest BCUT2D eigenvalue weighted by molar-refractivity contribution is 0.175. The molecule has 3 aromatic carbocycles. The molecule has 0 unspecified atom stereocenters. The van der Waals surface area contributed by atoms with Crippen LogP contribution in [0.5, 0.6) is 0 Å². The highest BCUT2D eigenvalue weighted by molar-refractivity contribution is 5.92. The van der Waals surface area contributed by atoms with E-state index in [0.29, 0.717) is 23.5 Å². The Hall–Kier alpha value is -5.03. The van der Waals surface area contributed by atoms with Crippen LogP contribution in [-0.4, -0.2) is 39.2 Å². The molecular formula is C39H35N5O2. The highest BCUT2D eigenvalue weighted by atomic mass is 16.3. The van der Waals surface area contributed by atoms with Crippen LogP contribution in [0.4, 0.5) is 11.5 Å². The van der Waals surface area contributed by atoms with E-state index in [9.17, 15) is 10.4 Å². The number of nitrogens with one attached hydrogen (secondary N) is 1. The molecule has 3 aromatic heterocycles. The predicted octanol–water partition coefficient (Wildman–Crippen LogP) is 8.00. The third-order valence-corrected chi connectivity index (χ3v) is 9.78. The second-order valence-corrected chi connectivity index (χ2v) is 12.7. The van der Waals surface area contributed by atoms with Crippen molar-refractivity contribution in [2.45, 2.75) is 52.2 Å². The van der Waals surface area contributed by atoms with Gasteiger partial charge >= 0.3 is 0 Å². The monoisotopic (exact) mass is 605 g/mol. The molecule has 46 heavy (non-hydrogen) atoms. The highest BCUT2D eigenvalue weighted by Gasteiger charge is 2.23. The van der Waals surface area contributed by atoms with E-state index in [1.165, 1.54) is 5.56 Å². The molecule has 8 rings (SSSR count). The van der Waals surface area contributed by atoms with E-state index >= 15 is 0 Å². The van der Waals surface area contributed by atoms with Gasteiger partial charge in [0, 0.05) is 54.1 Å². The average molecular weight is 606 g/mol. The first-order valence-corrected chi connectivity index (χ1v) is 16.1. The smallest absolute Gasteiger partial charge is 0.156 e. The lowest BCUT2D eigenvalue weighted by atomic mass is 9.92. The van der Waals surface area contributed by atoms with Crippen LogP contribution in [0, 0.1) is 25.2 Å². The third-order valence-electron chi connectivity index (χ3n) is 9.78. The van der Waals surface area contributed by atoms with Gasteiger partial charge in [0.05, 0.1) is 11.7 Å². The van der Waals surface area contributed by atoms with Crippen molar-refractivity contribution in [2.24, 2.45) is 0 Å². The van der Waals surface area contributed by atoms with Crippen molar-refractivity contribution in [1.82, 2.24) is 14.9 Å². The Morgan fingerprint density at radius 1 is 0.978 bits per heavy atom. The molecule has 0 saturated carbocycles. The number of fused-ring (bicyclic) bond motifs is 3. The number of anilines is 2. The van der Waals surface area contributed by atoms with Gasteiger partial charge in [0.1, 0.15) is 17.3 Å². The van der Waals surface area contributed by atoms with Crippen molar-refractivity contribution in [3.05, 3.63) is 106 Å². The number of aliphatic hydroxyl groups excluding tert-OH is 1. The molecule has 0 bridgehead atoms. The first kappa shape index (κ1) is 28.4. The zero-order valence-electron chi connectivity index (χ0n) is 26.1. The Morgan fingerprint density at radius 2 is 1.80 bits per heavy atom. The van der Waals surface area contributed by atoms with Crippen LogP contribution in [-0.2, 0) is 19.4 Å². The predicted molar refractivity (Wildman–Crippen MR) is 182 cm³/mol. The van der Waals surface area contributed by atoms with Crippen LogP contribution < -0.4 is 5.32 Å². The fourth-order valence-corrected chi connectivity index (χ4v) is 7.38. The van der Waals surface area contributed by atoms with Gasteiger partial charge in [0.25, 0.3) is 0 Å². The van der Waals surface area contributed by atoms with E-state index in [-0.39, 0.29) is 6.10 Å². The summed E-state index contributed by atoms with van der Waals surface area (Å²) in [6.07, 6.45) is 7.39. The third kappa shape index (κ3) is 4.91. The zero-order chi connectivity index (χ0) is 31.4.